The van der Waals surface area contributed by atoms with Gasteiger partial charge in [-0.25, -0.2) is 0 Å². The second kappa shape index (κ2) is 6.36. The maximum absolute atomic E-state index is 12.5. The summed E-state index contributed by atoms with van der Waals surface area (Å²) in [6, 6.07) is 3.88. The van der Waals surface area contributed by atoms with Crippen LogP contribution in [0.1, 0.15) is 24.2 Å². The van der Waals surface area contributed by atoms with E-state index in [2.05, 4.69) is 0 Å². The van der Waals surface area contributed by atoms with Crippen molar-refractivity contribution in [3.63, 3.8) is 0 Å². The van der Waals surface area contributed by atoms with Gasteiger partial charge in [0.05, 0.1) is 23.4 Å². The number of Topliss-reactive ketones (excluding diaryl/α,β-unsaturated/α-hetero) is 1. The maximum atomic E-state index is 12.5. The third-order valence-electron chi connectivity index (χ3n) is 2.86. The third-order valence-corrected chi connectivity index (χ3v) is 2.86. The molecule has 0 bridgehead atoms. The molecule has 1 aliphatic heterocycles. The zero-order valence-electron chi connectivity index (χ0n) is 11.7. The van der Waals surface area contributed by atoms with Gasteiger partial charge in [-0.3, -0.25) is 14.9 Å². The molecule has 0 aromatic heterocycles. The van der Waals surface area contributed by atoms with Gasteiger partial charge in [0.15, 0.2) is 0 Å². The van der Waals surface area contributed by atoms with E-state index in [4.69, 9.17) is 14.2 Å². The van der Waals surface area contributed by atoms with E-state index in [1.807, 2.05) is 0 Å². The van der Waals surface area contributed by atoms with Crippen LogP contribution in [0.2, 0.25) is 0 Å². The molecule has 112 valence electrons. The van der Waals surface area contributed by atoms with Crippen LogP contribution in [0.5, 0.6) is 5.75 Å². The minimum atomic E-state index is -0.872. The van der Waals surface area contributed by atoms with Gasteiger partial charge in [-0.15, -0.1) is 0 Å². The molecule has 1 aliphatic rings. The van der Waals surface area contributed by atoms with Crippen LogP contribution < -0.4 is 4.74 Å². The first-order chi connectivity index (χ1) is 10.1. The number of nitro groups is 1. The van der Waals surface area contributed by atoms with Gasteiger partial charge in [0, 0.05) is 18.7 Å². The van der Waals surface area contributed by atoms with Crippen LogP contribution in [-0.2, 0) is 9.47 Å². The summed E-state index contributed by atoms with van der Waals surface area (Å²) >= 11 is 0. The molecule has 21 heavy (non-hydrogen) atoms. The summed E-state index contributed by atoms with van der Waals surface area (Å²) in [4.78, 5) is 22.7. The zero-order chi connectivity index (χ0) is 15.4. The fourth-order valence-electron chi connectivity index (χ4n) is 1.91. The molecule has 0 unspecified atom stereocenters. The van der Waals surface area contributed by atoms with E-state index >= 15 is 0 Å². The lowest BCUT2D eigenvalue weighted by atomic mass is 9.99. The molecular formula is C14H15NO6. The molecule has 0 fully saturated rings. The Labute approximate surface area is 121 Å². The number of carbonyl (C=O) groups excluding carboxylic acids is 1. The summed E-state index contributed by atoms with van der Waals surface area (Å²) in [6.45, 7) is 4.29. The van der Waals surface area contributed by atoms with Crippen molar-refractivity contribution in [1.82, 2.24) is 0 Å². The highest BCUT2D eigenvalue weighted by Crippen LogP contribution is 2.33. The average molecular weight is 293 g/mol. The van der Waals surface area contributed by atoms with Gasteiger partial charge in [-0.1, -0.05) is 0 Å². The Morgan fingerprint density at radius 2 is 2.14 bits per heavy atom. The molecule has 2 rings (SSSR count). The predicted octanol–water partition coefficient (Wildman–Crippen LogP) is 2.45. The number of benzene rings is 1. The minimum absolute atomic E-state index is 0.131. The fraction of sp³-hybridized carbons (Fsp3) is 0.357. The average Bonchev–Trinajstić information content (AvgIpc) is 2.47. The lowest BCUT2D eigenvalue weighted by molar-refractivity contribution is -0.384. The topological polar surface area (TPSA) is 87.9 Å². The highest BCUT2D eigenvalue weighted by molar-refractivity contribution is 6.12. The van der Waals surface area contributed by atoms with Crippen LogP contribution in [0, 0.1) is 10.1 Å². The minimum Gasteiger partial charge on any atom is -0.501 e. The van der Waals surface area contributed by atoms with Gasteiger partial charge in [-0.2, -0.15) is 0 Å². The lowest BCUT2D eigenvalue weighted by Crippen LogP contribution is -2.32. The van der Waals surface area contributed by atoms with E-state index in [0.29, 0.717) is 13.2 Å². The Bertz CT molecular complexity index is 595. The Hall–Kier alpha value is -2.41. The van der Waals surface area contributed by atoms with Crippen molar-refractivity contribution in [2.24, 2.45) is 0 Å². The second-order valence-corrected chi connectivity index (χ2v) is 4.20. The monoisotopic (exact) mass is 293 g/mol. The summed E-state index contributed by atoms with van der Waals surface area (Å²) in [7, 11) is 0. The second-order valence-electron chi connectivity index (χ2n) is 4.20. The maximum Gasteiger partial charge on any atom is 0.270 e. The molecule has 0 saturated carbocycles. The standard InChI is InChI=1S/C14H15NO6/c1-3-19-8-11-13(16)10-7-9(15(17)18)5-6-12(10)21-14(11)20-4-2/h5-8,14H,3-4H2,1-2H3/b11-8-/t14-/m0/s1. The number of hydrogen-bond donors (Lipinski definition) is 0. The van der Waals surface area contributed by atoms with Crippen LogP contribution in [-0.4, -0.2) is 30.2 Å². The number of ketones is 1. The number of hydrogen-bond acceptors (Lipinski definition) is 6. The van der Waals surface area contributed by atoms with E-state index in [-0.39, 0.29) is 22.6 Å². The van der Waals surface area contributed by atoms with Crippen LogP contribution >= 0.6 is 0 Å². The molecular weight excluding hydrogens is 278 g/mol. The smallest absolute Gasteiger partial charge is 0.270 e. The number of nitro benzene ring substituents is 1. The molecule has 1 atom stereocenters. The number of non-ortho nitro benzene ring substituents is 1. The number of nitrogens with zero attached hydrogens (tertiary/aromatic N) is 1. The summed E-state index contributed by atoms with van der Waals surface area (Å²) in [6.07, 6.45) is 0.410. The van der Waals surface area contributed by atoms with Gasteiger partial charge >= 0.3 is 0 Å². The van der Waals surface area contributed by atoms with Crippen LogP contribution in [0.15, 0.2) is 30.0 Å². The summed E-state index contributed by atoms with van der Waals surface area (Å²) in [5.74, 6) is -0.135. The summed E-state index contributed by atoms with van der Waals surface area (Å²) < 4.78 is 16.1. The van der Waals surface area contributed by atoms with Crippen molar-refractivity contribution < 1.29 is 23.9 Å². The van der Waals surface area contributed by atoms with Gasteiger partial charge in [-0.05, 0) is 19.9 Å². The highest BCUT2D eigenvalue weighted by Gasteiger charge is 2.34. The van der Waals surface area contributed by atoms with Gasteiger partial charge in [0.25, 0.3) is 5.69 Å². The Balaban J connectivity index is 2.44. The van der Waals surface area contributed by atoms with E-state index in [1.54, 1.807) is 13.8 Å². The van der Waals surface area contributed by atoms with Crippen molar-refractivity contribution in [3.05, 3.63) is 45.7 Å². The predicted molar refractivity (Wildman–Crippen MR) is 73.2 cm³/mol. The molecule has 7 heteroatoms. The largest absolute Gasteiger partial charge is 0.501 e. The van der Waals surface area contributed by atoms with E-state index < -0.39 is 17.0 Å². The zero-order valence-corrected chi connectivity index (χ0v) is 11.7. The van der Waals surface area contributed by atoms with Crippen molar-refractivity contribution >= 4 is 11.5 Å². The van der Waals surface area contributed by atoms with Crippen LogP contribution in [0.3, 0.4) is 0 Å². The molecule has 1 aromatic carbocycles. The molecule has 7 nitrogen and oxygen atoms in total. The number of fused-ring (bicyclic) bond motifs is 1. The number of rotatable bonds is 5. The quantitative estimate of drug-likeness (QED) is 0.358. The molecule has 0 spiro atoms. The third kappa shape index (κ3) is 3.03. The number of carbonyl (C=O) groups is 1. The first-order valence-corrected chi connectivity index (χ1v) is 6.51. The van der Waals surface area contributed by atoms with Crippen LogP contribution in [0.4, 0.5) is 5.69 Å². The highest BCUT2D eigenvalue weighted by atomic mass is 16.7. The molecule has 0 aliphatic carbocycles. The van der Waals surface area contributed by atoms with E-state index in [9.17, 15) is 14.9 Å². The van der Waals surface area contributed by atoms with Crippen molar-refractivity contribution in [1.29, 1.82) is 0 Å². The molecule has 0 amide bonds. The van der Waals surface area contributed by atoms with Gasteiger partial charge in [0.1, 0.15) is 11.3 Å². The molecule has 1 aromatic rings. The lowest BCUT2D eigenvalue weighted by Gasteiger charge is -2.26. The van der Waals surface area contributed by atoms with Crippen molar-refractivity contribution in [2.45, 2.75) is 20.1 Å². The first kappa shape index (κ1) is 15.0. The SMILES string of the molecule is CCO/C=C1/C(=O)c2cc([N+](=O)[O-])ccc2O[C@@H]1OCC. The molecule has 0 radical (unpaired) electrons. The van der Waals surface area contributed by atoms with Gasteiger partial charge in [0.2, 0.25) is 12.1 Å². The van der Waals surface area contributed by atoms with Crippen molar-refractivity contribution in [3.8, 4) is 5.75 Å². The fourth-order valence-corrected chi connectivity index (χ4v) is 1.91. The van der Waals surface area contributed by atoms with Crippen LogP contribution in [0.25, 0.3) is 0 Å². The van der Waals surface area contributed by atoms with E-state index in [0.717, 1.165) is 0 Å². The summed E-state index contributed by atoms with van der Waals surface area (Å²) in [5, 5.41) is 10.8. The number of ether oxygens (including phenoxy) is 3. The van der Waals surface area contributed by atoms with E-state index in [1.165, 1.54) is 24.5 Å². The van der Waals surface area contributed by atoms with Gasteiger partial charge < -0.3 is 14.2 Å². The Kier molecular flexibility index (Phi) is 4.54. The molecule has 0 N–H and O–H groups in total. The van der Waals surface area contributed by atoms with Crippen molar-refractivity contribution in [2.75, 3.05) is 13.2 Å². The summed E-state index contributed by atoms with van der Waals surface area (Å²) in [5.41, 5.74) is 0.147. The first-order valence-electron chi connectivity index (χ1n) is 6.51. The Morgan fingerprint density at radius 1 is 1.38 bits per heavy atom. The molecule has 1 heterocycles. The normalized spacial score (nSPS) is 19.0. The molecule has 0 saturated heterocycles. The Morgan fingerprint density at radius 3 is 2.76 bits per heavy atom.